The highest BCUT2D eigenvalue weighted by atomic mass is 32.2. The van der Waals surface area contributed by atoms with Gasteiger partial charge in [-0.3, -0.25) is 4.79 Å². The number of halogens is 1. The van der Waals surface area contributed by atoms with Crippen molar-refractivity contribution in [1.29, 1.82) is 0 Å². The molecule has 0 radical (unpaired) electrons. The number of anilines is 1. The second kappa shape index (κ2) is 4.80. The van der Waals surface area contributed by atoms with Gasteiger partial charge < -0.3 is 4.90 Å². The monoisotopic (exact) mass is 312 g/mol. The molecule has 0 aromatic heterocycles. The van der Waals surface area contributed by atoms with Crippen LogP contribution in [0, 0.1) is 5.82 Å². The number of urea groups is 1. The molecule has 3 rings (SSSR count). The van der Waals surface area contributed by atoms with Gasteiger partial charge in [0.2, 0.25) is 5.91 Å². The molecule has 1 unspecified atom stereocenters. The number of sulfone groups is 1. The van der Waals surface area contributed by atoms with Crippen LogP contribution < -0.4 is 4.90 Å². The van der Waals surface area contributed by atoms with Gasteiger partial charge in [0.25, 0.3) is 0 Å². The predicted molar refractivity (Wildman–Crippen MR) is 73.0 cm³/mol. The highest BCUT2D eigenvalue weighted by Crippen LogP contribution is 2.27. The van der Waals surface area contributed by atoms with Crippen molar-refractivity contribution in [1.82, 2.24) is 4.90 Å². The molecule has 2 heterocycles. The minimum absolute atomic E-state index is 0.0604. The average Bonchev–Trinajstić information content (AvgIpc) is 2.37. The van der Waals surface area contributed by atoms with Crippen LogP contribution in [-0.2, 0) is 14.6 Å². The van der Waals surface area contributed by atoms with Crippen molar-refractivity contribution < 1.29 is 22.4 Å². The van der Waals surface area contributed by atoms with Gasteiger partial charge >= 0.3 is 6.03 Å². The Hall–Kier alpha value is -1.96. The second-order valence-electron chi connectivity index (χ2n) is 5.16. The highest BCUT2D eigenvalue weighted by Gasteiger charge is 2.44. The number of imide groups is 1. The molecule has 0 bridgehead atoms. The third-order valence-corrected chi connectivity index (χ3v) is 5.39. The lowest BCUT2D eigenvalue weighted by Crippen LogP contribution is -2.62. The normalized spacial score (nSPS) is 24.9. The maximum atomic E-state index is 13.3. The lowest BCUT2D eigenvalue weighted by molar-refractivity contribution is -0.120. The van der Waals surface area contributed by atoms with E-state index in [1.807, 2.05) is 0 Å². The molecule has 3 amide bonds. The fourth-order valence-corrected chi connectivity index (χ4v) is 4.23. The van der Waals surface area contributed by atoms with Gasteiger partial charge in [-0.25, -0.2) is 22.5 Å². The smallest absolute Gasteiger partial charge is 0.318 e. The quantitative estimate of drug-likeness (QED) is 0.768. The molecule has 2 fully saturated rings. The molecule has 6 nitrogen and oxygen atoms in total. The lowest BCUT2D eigenvalue weighted by atomic mass is 10.1. The van der Waals surface area contributed by atoms with E-state index in [1.165, 1.54) is 23.1 Å². The van der Waals surface area contributed by atoms with Crippen molar-refractivity contribution in [2.75, 3.05) is 23.0 Å². The number of hydrogen-bond acceptors (Lipinski definition) is 4. The third kappa shape index (κ3) is 2.51. The van der Waals surface area contributed by atoms with E-state index in [4.69, 9.17) is 0 Å². The summed E-state index contributed by atoms with van der Waals surface area (Å²) < 4.78 is 36.5. The topological polar surface area (TPSA) is 74.8 Å². The second-order valence-corrected chi connectivity index (χ2v) is 7.39. The highest BCUT2D eigenvalue weighted by molar-refractivity contribution is 7.91. The molecule has 1 aromatic rings. The van der Waals surface area contributed by atoms with Crippen molar-refractivity contribution in [3.05, 3.63) is 30.1 Å². The summed E-state index contributed by atoms with van der Waals surface area (Å²) in [6, 6.07) is 4.01. The maximum Gasteiger partial charge on any atom is 0.331 e. The van der Waals surface area contributed by atoms with Gasteiger partial charge in [-0.15, -0.1) is 0 Å². The average molecular weight is 312 g/mol. The standard InChI is InChI=1S/C13H13FN2O4S/c14-9-2-1-3-10(6-9)16-12(17)7-11-8-21(19,20)5-4-15(11)13(16)18/h1-3,6,11H,4-5,7-8H2. The summed E-state index contributed by atoms with van der Waals surface area (Å²) in [6.45, 7) is 0.0604. The number of amides is 3. The van der Waals surface area contributed by atoms with Gasteiger partial charge in [-0.05, 0) is 18.2 Å². The van der Waals surface area contributed by atoms with Crippen molar-refractivity contribution in [3.8, 4) is 0 Å². The predicted octanol–water partition coefficient (Wildman–Crippen LogP) is 0.781. The molecular weight excluding hydrogens is 299 g/mol. The zero-order valence-electron chi connectivity index (χ0n) is 11.0. The molecule has 21 heavy (non-hydrogen) atoms. The Kier molecular flexibility index (Phi) is 3.20. The van der Waals surface area contributed by atoms with Crippen LogP contribution in [0.4, 0.5) is 14.9 Å². The summed E-state index contributed by atoms with van der Waals surface area (Å²) in [7, 11) is -3.21. The third-order valence-electron chi connectivity index (χ3n) is 3.69. The Morgan fingerprint density at radius 3 is 2.71 bits per heavy atom. The van der Waals surface area contributed by atoms with E-state index in [0.717, 1.165) is 11.0 Å². The summed E-state index contributed by atoms with van der Waals surface area (Å²) in [5, 5.41) is 0. The van der Waals surface area contributed by atoms with Crippen LogP contribution in [0.2, 0.25) is 0 Å². The van der Waals surface area contributed by atoms with E-state index in [9.17, 15) is 22.4 Å². The molecular formula is C13H13FN2O4S. The van der Waals surface area contributed by atoms with Gasteiger partial charge in [0.15, 0.2) is 9.84 Å². The van der Waals surface area contributed by atoms with Crippen molar-refractivity contribution in [2.24, 2.45) is 0 Å². The minimum atomic E-state index is -3.21. The van der Waals surface area contributed by atoms with Crippen LogP contribution in [-0.4, -0.2) is 49.3 Å². The van der Waals surface area contributed by atoms with Gasteiger partial charge in [0, 0.05) is 13.0 Å². The first-order valence-corrected chi connectivity index (χ1v) is 8.29. The first-order valence-electron chi connectivity index (χ1n) is 6.47. The Bertz CT molecular complexity index is 719. The van der Waals surface area contributed by atoms with E-state index >= 15 is 0 Å². The first kappa shape index (κ1) is 14.0. The zero-order valence-corrected chi connectivity index (χ0v) is 11.8. The molecule has 0 aliphatic carbocycles. The van der Waals surface area contributed by atoms with E-state index in [0.29, 0.717) is 0 Å². The molecule has 1 aromatic carbocycles. The van der Waals surface area contributed by atoms with Gasteiger partial charge in [0.1, 0.15) is 5.82 Å². The molecule has 0 saturated carbocycles. The Labute approximate surface area is 121 Å². The molecule has 2 aliphatic heterocycles. The molecule has 112 valence electrons. The van der Waals surface area contributed by atoms with Crippen LogP contribution in [0.1, 0.15) is 6.42 Å². The Morgan fingerprint density at radius 2 is 2.00 bits per heavy atom. The van der Waals surface area contributed by atoms with Crippen LogP contribution in [0.25, 0.3) is 0 Å². The number of carbonyl (C=O) groups is 2. The fourth-order valence-electron chi connectivity index (χ4n) is 2.71. The number of benzene rings is 1. The number of fused-ring (bicyclic) bond motifs is 1. The zero-order chi connectivity index (χ0) is 15.2. The van der Waals surface area contributed by atoms with E-state index in [1.54, 1.807) is 0 Å². The van der Waals surface area contributed by atoms with Crippen molar-refractivity contribution in [2.45, 2.75) is 12.5 Å². The van der Waals surface area contributed by atoms with Crippen molar-refractivity contribution >= 4 is 27.5 Å². The van der Waals surface area contributed by atoms with Crippen LogP contribution >= 0.6 is 0 Å². The molecule has 0 spiro atoms. The fraction of sp³-hybridized carbons (Fsp3) is 0.385. The van der Waals surface area contributed by atoms with Gasteiger partial charge in [-0.1, -0.05) is 6.07 Å². The van der Waals surface area contributed by atoms with Crippen LogP contribution in [0.3, 0.4) is 0 Å². The summed E-state index contributed by atoms with van der Waals surface area (Å²) >= 11 is 0. The number of nitrogens with zero attached hydrogens (tertiary/aromatic N) is 2. The van der Waals surface area contributed by atoms with Crippen LogP contribution in [0.15, 0.2) is 24.3 Å². The first-order chi connectivity index (χ1) is 9.87. The number of rotatable bonds is 1. The Morgan fingerprint density at radius 1 is 1.24 bits per heavy atom. The van der Waals surface area contributed by atoms with Crippen LogP contribution in [0.5, 0.6) is 0 Å². The molecule has 2 saturated heterocycles. The maximum absolute atomic E-state index is 13.3. The molecule has 1 atom stereocenters. The van der Waals surface area contributed by atoms with Crippen molar-refractivity contribution in [3.63, 3.8) is 0 Å². The van der Waals surface area contributed by atoms with E-state index in [2.05, 4.69) is 0 Å². The lowest BCUT2D eigenvalue weighted by Gasteiger charge is -2.42. The minimum Gasteiger partial charge on any atom is -0.318 e. The van der Waals surface area contributed by atoms with Gasteiger partial charge in [0.05, 0.1) is 23.2 Å². The summed E-state index contributed by atoms with van der Waals surface area (Å²) in [6.07, 6.45) is -0.0680. The summed E-state index contributed by atoms with van der Waals surface area (Å²) in [4.78, 5) is 26.8. The summed E-state index contributed by atoms with van der Waals surface area (Å²) in [5.41, 5.74) is 0.164. The molecule has 8 heteroatoms. The van der Waals surface area contributed by atoms with E-state index < -0.39 is 33.6 Å². The molecule has 2 aliphatic rings. The Balaban J connectivity index is 1.93. The SMILES string of the molecule is O=C1CC2CS(=O)(=O)CCN2C(=O)N1c1cccc(F)c1. The largest absolute Gasteiger partial charge is 0.331 e. The van der Waals surface area contributed by atoms with E-state index in [-0.39, 0.29) is 30.2 Å². The number of carbonyl (C=O) groups excluding carboxylic acids is 2. The molecule has 0 N–H and O–H groups in total. The van der Waals surface area contributed by atoms with Gasteiger partial charge in [-0.2, -0.15) is 0 Å². The summed E-state index contributed by atoms with van der Waals surface area (Å²) in [5.74, 6) is -1.36. The number of hydrogen-bond donors (Lipinski definition) is 0.